The molecule has 0 fully saturated rings. The van der Waals surface area contributed by atoms with E-state index in [4.69, 9.17) is 14.2 Å². The van der Waals surface area contributed by atoms with Gasteiger partial charge in [-0.1, -0.05) is 24.3 Å². The molecule has 0 radical (unpaired) electrons. The Balaban J connectivity index is 1.83. The van der Waals surface area contributed by atoms with Crippen molar-refractivity contribution in [2.75, 3.05) is 25.2 Å². The molecule has 1 amide bonds. The zero-order valence-electron chi connectivity index (χ0n) is 19.5. The summed E-state index contributed by atoms with van der Waals surface area (Å²) in [6.07, 6.45) is -0.214. The zero-order valence-corrected chi connectivity index (χ0v) is 19.5. The van der Waals surface area contributed by atoms with Crippen molar-refractivity contribution in [2.24, 2.45) is 0 Å². The van der Waals surface area contributed by atoms with Gasteiger partial charge in [0.1, 0.15) is 11.4 Å². The third-order valence-corrected chi connectivity index (χ3v) is 4.64. The molecule has 0 spiro atoms. The van der Waals surface area contributed by atoms with Crippen molar-refractivity contribution >= 4 is 17.7 Å². The summed E-state index contributed by atoms with van der Waals surface area (Å²) >= 11 is 0. The van der Waals surface area contributed by atoms with Crippen LogP contribution in [0.2, 0.25) is 0 Å². The molecular weight excluding hydrogens is 410 g/mol. The number of anilines is 1. The first-order valence-corrected chi connectivity index (χ1v) is 10.7. The fourth-order valence-corrected chi connectivity index (χ4v) is 2.96. The highest BCUT2D eigenvalue weighted by Crippen LogP contribution is 2.19. The van der Waals surface area contributed by atoms with Crippen LogP contribution in [0.15, 0.2) is 48.5 Å². The van der Waals surface area contributed by atoms with Gasteiger partial charge in [0, 0.05) is 32.2 Å². The number of ether oxygens (including phenoxy) is 3. The van der Waals surface area contributed by atoms with Crippen LogP contribution in [0.5, 0.6) is 5.75 Å². The SMILES string of the molecule is CCO[C@@H](Cc1ccc(OCCc2ccc(N(C)C(=O)OC(C)(C)C)cc2)cc1)C(=O)O. The number of benzene rings is 2. The largest absolute Gasteiger partial charge is 0.493 e. The third-order valence-electron chi connectivity index (χ3n) is 4.64. The lowest BCUT2D eigenvalue weighted by Gasteiger charge is -2.24. The standard InChI is InChI=1S/C25H33NO6/c1-6-30-22(23(27)28)17-19-9-13-21(14-10-19)31-16-15-18-7-11-20(12-8-18)26(5)24(29)32-25(2,3)4/h7-14,22H,6,15-17H2,1-5H3,(H,27,28)/t22-/m0/s1. The fraction of sp³-hybridized carbons (Fsp3) is 0.440. The Morgan fingerprint density at radius 1 is 1.00 bits per heavy atom. The van der Waals surface area contributed by atoms with Crippen LogP contribution in [-0.2, 0) is 27.1 Å². The Bertz CT molecular complexity index is 871. The Hall–Kier alpha value is -3.06. The van der Waals surface area contributed by atoms with Gasteiger partial charge in [0.25, 0.3) is 0 Å². The van der Waals surface area contributed by atoms with Gasteiger partial charge in [0.2, 0.25) is 0 Å². The molecule has 0 aliphatic carbocycles. The highest BCUT2D eigenvalue weighted by molar-refractivity contribution is 5.87. The second-order valence-corrected chi connectivity index (χ2v) is 8.43. The molecule has 7 heteroatoms. The van der Waals surface area contributed by atoms with Crippen LogP contribution in [0, 0.1) is 0 Å². The maximum atomic E-state index is 12.2. The van der Waals surface area contributed by atoms with Crippen molar-refractivity contribution < 1.29 is 28.9 Å². The van der Waals surface area contributed by atoms with Crippen LogP contribution in [0.4, 0.5) is 10.5 Å². The van der Waals surface area contributed by atoms with Crippen LogP contribution in [-0.4, -0.2) is 49.1 Å². The van der Waals surface area contributed by atoms with Gasteiger partial charge >= 0.3 is 12.1 Å². The number of carbonyl (C=O) groups excluding carboxylic acids is 1. The predicted molar refractivity (Wildman–Crippen MR) is 123 cm³/mol. The maximum absolute atomic E-state index is 12.2. The second kappa shape index (κ2) is 11.5. The summed E-state index contributed by atoms with van der Waals surface area (Å²) in [6, 6.07) is 15.1. The number of aliphatic carboxylic acids is 1. The average Bonchev–Trinajstić information content (AvgIpc) is 2.73. The summed E-state index contributed by atoms with van der Waals surface area (Å²) in [5, 5.41) is 9.19. The number of hydrogen-bond acceptors (Lipinski definition) is 5. The minimum atomic E-state index is -0.963. The molecule has 0 unspecified atom stereocenters. The van der Waals surface area contributed by atoms with E-state index >= 15 is 0 Å². The Morgan fingerprint density at radius 3 is 2.12 bits per heavy atom. The van der Waals surface area contributed by atoms with E-state index in [0.717, 1.165) is 22.6 Å². The Morgan fingerprint density at radius 2 is 1.59 bits per heavy atom. The number of carboxylic acids is 1. The molecule has 1 atom stereocenters. The minimum absolute atomic E-state index is 0.313. The summed E-state index contributed by atoms with van der Waals surface area (Å²) in [5.41, 5.74) is 2.18. The number of amides is 1. The first-order chi connectivity index (χ1) is 15.1. The summed E-state index contributed by atoms with van der Waals surface area (Å²) in [4.78, 5) is 24.9. The number of carbonyl (C=O) groups is 2. The quantitative estimate of drug-likeness (QED) is 0.572. The molecule has 0 heterocycles. The molecule has 0 bridgehead atoms. The predicted octanol–water partition coefficient (Wildman–Crippen LogP) is 4.71. The van der Waals surface area contributed by atoms with E-state index in [0.29, 0.717) is 26.1 Å². The van der Waals surface area contributed by atoms with Gasteiger partial charge in [-0.15, -0.1) is 0 Å². The zero-order chi connectivity index (χ0) is 23.7. The normalized spacial score (nSPS) is 12.2. The highest BCUT2D eigenvalue weighted by Gasteiger charge is 2.20. The molecule has 174 valence electrons. The number of hydrogen-bond donors (Lipinski definition) is 1. The van der Waals surface area contributed by atoms with Crippen molar-refractivity contribution in [1.82, 2.24) is 0 Å². The fourth-order valence-electron chi connectivity index (χ4n) is 2.96. The molecule has 1 N–H and O–H groups in total. The van der Waals surface area contributed by atoms with Crippen LogP contribution in [0.25, 0.3) is 0 Å². The minimum Gasteiger partial charge on any atom is -0.493 e. The van der Waals surface area contributed by atoms with Crippen molar-refractivity contribution in [3.8, 4) is 5.75 Å². The maximum Gasteiger partial charge on any atom is 0.414 e. The lowest BCUT2D eigenvalue weighted by Crippen LogP contribution is -2.34. The molecule has 0 saturated carbocycles. The number of nitrogens with zero attached hydrogens (tertiary/aromatic N) is 1. The highest BCUT2D eigenvalue weighted by atomic mass is 16.6. The second-order valence-electron chi connectivity index (χ2n) is 8.43. The van der Waals surface area contributed by atoms with Crippen LogP contribution >= 0.6 is 0 Å². The van der Waals surface area contributed by atoms with E-state index in [1.807, 2.05) is 69.3 Å². The Labute approximate surface area is 189 Å². The molecule has 0 aliphatic rings. The van der Waals surface area contributed by atoms with E-state index in [1.165, 1.54) is 4.90 Å². The van der Waals surface area contributed by atoms with Gasteiger partial charge < -0.3 is 19.3 Å². The summed E-state index contributed by atoms with van der Waals surface area (Å²) in [6.45, 7) is 8.14. The van der Waals surface area contributed by atoms with Gasteiger partial charge in [-0.25, -0.2) is 9.59 Å². The molecule has 7 nitrogen and oxygen atoms in total. The van der Waals surface area contributed by atoms with Crippen LogP contribution in [0.3, 0.4) is 0 Å². The molecule has 2 rings (SSSR count). The third kappa shape index (κ3) is 8.23. The van der Waals surface area contributed by atoms with E-state index in [1.54, 1.807) is 14.0 Å². The average molecular weight is 444 g/mol. The van der Waals surface area contributed by atoms with Gasteiger partial charge in [0.15, 0.2) is 6.10 Å². The first kappa shape index (κ1) is 25.2. The van der Waals surface area contributed by atoms with E-state index in [-0.39, 0.29) is 0 Å². The summed E-state index contributed by atoms with van der Waals surface area (Å²) < 4.78 is 16.4. The molecule has 0 saturated heterocycles. The molecule has 0 aromatic heterocycles. The first-order valence-electron chi connectivity index (χ1n) is 10.7. The van der Waals surface area contributed by atoms with E-state index < -0.39 is 23.8 Å². The summed E-state index contributed by atoms with van der Waals surface area (Å²) in [7, 11) is 1.68. The van der Waals surface area contributed by atoms with Gasteiger partial charge in [0.05, 0.1) is 6.61 Å². The molecule has 2 aromatic carbocycles. The molecule has 2 aromatic rings. The van der Waals surface area contributed by atoms with Gasteiger partial charge in [-0.2, -0.15) is 0 Å². The monoisotopic (exact) mass is 443 g/mol. The van der Waals surface area contributed by atoms with Crippen LogP contribution in [0.1, 0.15) is 38.8 Å². The molecular formula is C25H33NO6. The van der Waals surface area contributed by atoms with Gasteiger partial charge in [-0.3, -0.25) is 4.90 Å². The van der Waals surface area contributed by atoms with Crippen molar-refractivity contribution in [3.05, 3.63) is 59.7 Å². The van der Waals surface area contributed by atoms with Crippen molar-refractivity contribution in [3.63, 3.8) is 0 Å². The van der Waals surface area contributed by atoms with E-state index in [9.17, 15) is 14.7 Å². The lowest BCUT2D eigenvalue weighted by molar-refractivity contribution is -0.149. The smallest absolute Gasteiger partial charge is 0.414 e. The topological polar surface area (TPSA) is 85.3 Å². The number of rotatable bonds is 10. The molecule has 0 aliphatic heterocycles. The Kier molecular flexibility index (Phi) is 9.08. The van der Waals surface area contributed by atoms with E-state index in [2.05, 4.69) is 0 Å². The number of carboxylic acid groups (broad SMARTS) is 1. The lowest BCUT2D eigenvalue weighted by atomic mass is 10.1. The van der Waals surface area contributed by atoms with Gasteiger partial charge in [-0.05, 0) is 63.1 Å². The van der Waals surface area contributed by atoms with Crippen molar-refractivity contribution in [1.29, 1.82) is 0 Å². The summed E-state index contributed by atoms with van der Waals surface area (Å²) in [5.74, 6) is -0.242. The molecule has 32 heavy (non-hydrogen) atoms. The van der Waals surface area contributed by atoms with Crippen LogP contribution < -0.4 is 9.64 Å². The van der Waals surface area contributed by atoms with Crippen molar-refractivity contribution in [2.45, 2.75) is 52.2 Å².